The van der Waals surface area contributed by atoms with Crippen molar-refractivity contribution < 1.29 is 22.0 Å². The van der Waals surface area contributed by atoms with Crippen LogP contribution >= 0.6 is 28.3 Å². The summed E-state index contributed by atoms with van der Waals surface area (Å²) >= 11 is 3.18. The van der Waals surface area contributed by atoms with E-state index in [2.05, 4.69) is 15.9 Å². The Morgan fingerprint density at radius 2 is 1.74 bits per heavy atom. The molecule has 132 valence electrons. The summed E-state index contributed by atoms with van der Waals surface area (Å²) in [5.41, 5.74) is 4.87. The van der Waals surface area contributed by atoms with Crippen molar-refractivity contribution in [2.45, 2.75) is 29.4 Å². The fraction of sp³-hybridized carbons (Fsp3) is 0.462. The SMILES string of the molecule is CC(C)(C(=O)NCC(F)(F)CN)S(=O)(=O)c1ccc(Br)cc1.Cl. The van der Waals surface area contributed by atoms with Gasteiger partial charge < -0.3 is 11.1 Å². The van der Waals surface area contributed by atoms with Gasteiger partial charge >= 0.3 is 0 Å². The Morgan fingerprint density at radius 3 is 2.17 bits per heavy atom. The molecule has 0 atom stereocenters. The van der Waals surface area contributed by atoms with E-state index in [-0.39, 0.29) is 17.3 Å². The Balaban J connectivity index is 0.00000484. The van der Waals surface area contributed by atoms with Crippen LogP contribution in [0.25, 0.3) is 0 Å². The second kappa shape index (κ2) is 7.87. The number of halogens is 4. The lowest BCUT2D eigenvalue weighted by Gasteiger charge is -2.25. The monoisotopic (exact) mass is 434 g/mol. The highest BCUT2D eigenvalue weighted by atomic mass is 79.9. The molecule has 0 aromatic heterocycles. The summed E-state index contributed by atoms with van der Waals surface area (Å²) < 4.78 is 49.9. The molecule has 1 amide bonds. The van der Waals surface area contributed by atoms with Crippen LogP contribution in [0, 0.1) is 0 Å². The Hall–Kier alpha value is -0.770. The number of alkyl halides is 2. The molecule has 0 aliphatic rings. The number of carbonyl (C=O) groups excluding carboxylic acids is 1. The third-order valence-electron chi connectivity index (χ3n) is 3.15. The highest BCUT2D eigenvalue weighted by Crippen LogP contribution is 2.27. The van der Waals surface area contributed by atoms with Gasteiger partial charge in [-0.15, -0.1) is 12.4 Å². The van der Waals surface area contributed by atoms with Crippen LogP contribution in [-0.2, 0) is 14.6 Å². The molecule has 0 aliphatic carbocycles. The summed E-state index contributed by atoms with van der Waals surface area (Å²) in [6.07, 6.45) is 0. The third kappa shape index (κ3) is 5.10. The Labute approximate surface area is 148 Å². The molecule has 1 rings (SSSR count). The number of hydrogen-bond acceptors (Lipinski definition) is 4. The summed E-state index contributed by atoms with van der Waals surface area (Å²) in [5.74, 6) is -4.30. The van der Waals surface area contributed by atoms with Crippen molar-refractivity contribution in [3.05, 3.63) is 28.7 Å². The van der Waals surface area contributed by atoms with E-state index in [0.717, 1.165) is 0 Å². The summed E-state index contributed by atoms with van der Waals surface area (Å²) in [7, 11) is -4.04. The van der Waals surface area contributed by atoms with Crippen molar-refractivity contribution in [3.8, 4) is 0 Å². The molecule has 0 saturated heterocycles. The molecule has 0 fully saturated rings. The molecule has 10 heteroatoms. The Bertz CT molecular complexity index is 652. The van der Waals surface area contributed by atoms with E-state index >= 15 is 0 Å². The first-order valence-corrected chi connectivity index (χ1v) is 8.58. The van der Waals surface area contributed by atoms with Gasteiger partial charge in [-0.3, -0.25) is 4.79 Å². The van der Waals surface area contributed by atoms with Gasteiger partial charge in [0.15, 0.2) is 9.84 Å². The number of nitrogens with two attached hydrogens (primary N) is 1. The molecule has 0 unspecified atom stereocenters. The van der Waals surface area contributed by atoms with E-state index in [4.69, 9.17) is 5.73 Å². The molecule has 0 bridgehead atoms. The van der Waals surface area contributed by atoms with Gasteiger partial charge in [-0.2, -0.15) is 0 Å². The van der Waals surface area contributed by atoms with E-state index in [0.29, 0.717) is 4.47 Å². The minimum atomic E-state index is -4.04. The average Bonchev–Trinajstić information content (AvgIpc) is 2.45. The van der Waals surface area contributed by atoms with Gasteiger partial charge in [0, 0.05) is 4.47 Å². The molecule has 3 N–H and O–H groups in total. The van der Waals surface area contributed by atoms with Crippen LogP contribution in [0.2, 0.25) is 0 Å². The molecule has 0 saturated carbocycles. The summed E-state index contributed by atoms with van der Waals surface area (Å²) in [5, 5.41) is 1.94. The van der Waals surface area contributed by atoms with Crippen molar-refractivity contribution in [1.82, 2.24) is 5.32 Å². The minimum absolute atomic E-state index is 0. The predicted octanol–water partition coefficient (Wildman–Crippen LogP) is 2.13. The number of sulfone groups is 1. The molecule has 0 radical (unpaired) electrons. The summed E-state index contributed by atoms with van der Waals surface area (Å²) in [6, 6.07) is 5.71. The summed E-state index contributed by atoms with van der Waals surface area (Å²) in [4.78, 5) is 12.0. The first-order valence-electron chi connectivity index (χ1n) is 6.30. The standard InChI is InChI=1S/C13H17BrF2N2O3S.ClH/c1-12(2,11(19)18-8-13(15,16)7-17)22(20,21)10-5-3-9(14)4-6-10;/h3-6H,7-8,17H2,1-2H3,(H,18,19);1H. The van der Waals surface area contributed by atoms with Crippen LogP contribution in [0.1, 0.15) is 13.8 Å². The first-order chi connectivity index (χ1) is 9.94. The van der Waals surface area contributed by atoms with Gasteiger partial charge in [-0.05, 0) is 38.1 Å². The van der Waals surface area contributed by atoms with Gasteiger partial charge in [0.05, 0.1) is 18.0 Å². The fourth-order valence-corrected chi connectivity index (χ4v) is 3.19. The zero-order chi connectivity index (χ0) is 17.2. The van der Waals surface area contributed by atoms with E-state index in [1.54, 1.807) is 0 Å². The third-order valence-corrected chi connectivity index (χ3v) is 6.10. The zero-order valence-corrected chi connectivity index (χ0v) is 15.7. The Morgan fingerprint density at radius 1 is 1.26 bits per heavy atom. The van der Waals surface area contributed by atoms with E-state index in [1.165, 1.54) is 38.1 Å². The van der Waals surface area contributed by atoms with Gasteiger partial charge in [0.1, 0.15) is 4.75 Å². The van der Waals surface area contributed by atoms with E-state index in [9.17, 15) is 22.0 Å². The van der Waals surface area contributed by atoms with Crippen molar-refractivity contribution in [1.29, 1.82) is 0 Å². The zero-order valence-electron chi connectivity index (χ0n) is 12.5. The lowest BCUT2D eigenvalue weighted by atomic mass is 10.2. The number of rotatable bonds is 6. The highest BCUT2D eigenvalue weighted by molar-refractivity contribution is 9.10. The second-order valence-corrected chi connectivity index (χ2v) is 8.62. The maximum Gasteiger partial charge on any atom is 0.277 e. The lowest BCUT2D eigenvalue weighted by Crippen LogP contribution is -2.51. The smallest absolute Gasteiger partial charge is 0.277 e. The lowest BCUT2D eigenvalue weighted by molar-refractivity contribution is -0.124. The Kier molecular flexibility index (Phi) is 7.60. The van der Waals surface area contributed by atoms with Crippen LogP contribution in [0.3, 0.4) is 0 Å². The van der Waals surface area contributed by atoms with Gasteiger partial charge in [-0.25, -0.2) is 17.2 Å². The maximum absolute atomic E-state index is 13.1. The fourth-order valence-electron chi connectivity index (χ4n) is 1.53. The number of amides is 1. The predicted molar refractivity (Wildman–Crippen MR) is 89.7 cm³/mol. The molecule has 23 heavy (non-hydrogen) atoms. The number of nitrogens with one attached hydrogen (secondary N) is 1. The maximum atomic E-state index is 13.1. The molecular formula is C13H18BrClF2N2O3S. The van der Waals surface area contributed by atoms with Crippen molar-refractivity contribution in [3.63, 3.8) is 0 Å². The number of hydrogen-bond donors (Lipinski definition) is 2. The molecule has 0 aliphatic heterocycles. The number of carbonyl (C=O) groups is 1. The highest BCUT2D eigenvalue weighted by Gasteiger charge is 2.43. The van der Waals surface area contributed by atoms with E-state index in [1.807, 2.05) is 5.32 Å². The molecule has 0 spiro atoms. The second-order valence-electron chi connectivity index (χ2n) is 5.21. The first kappa shape index (κ1) is 22.2. The molecule has 1 aromatic carbocycles. The minimum Gasteiger partial charge on any atom is -0.349 e. The quantitative estimate of drug-likeness (QED) is 0.716. The summed E-state index contributed by atoms with van der Waals surface area (Å²) in [6.45, 7) is 0.384. The molecule has 1 aromatic rings. The van der Waals surface area contributed by atoms with Crippen LogP contribution in [0.5, 0.6) is 0 Å². The van der Waals surface area contributed by atoms with Crippen molar-refractivity contribution in [2.75, 3.05) is 13.1 Å². The van der Waals surface area contributed by atoms with Crippen molar-refractivity contribution in [2.24, 2.45) is 5.73 Å². The largest absolute Gasteiger partial charge is 0.349 e. The van der Waals surface area contributed by atoms with Gasteiger partial charge in [-0.1, -0.05) is 15.9 Å². The normalized spacial score (nSPS) is 12.4. The van der Waals surface area contributed by atoms with Crippen LogP contribution in [0.15, 0.2) is 33.6 Å². The van der Waals surface area contributed by atoms with Gasteiger partial charge in [0.25, 0.3) is 5.92 Å². The topological polar surface area (TPSA) is 89.3 Å². The van der Waals surface area contributed by atoms with Crippen LogP contribution in [0.4, 0.5) is 8.78 Å². The van der Waals surface area contributed by atoms with Crippen LogP contribution < -0.4 is 11.1 Å². The van der Waals surface area contributed by atoms with Gasteiger partial charge in [0.2, 0.25) is 5.91 Å². The van der Waals surface area contributed by atoms with Crippen molar-refractivity contribution >= 4 is 44.1 Å². The molecule has 0 heterocycles. The molecule has 5 nitrogen and oxygen atoms in total. The van der Waals surface area contributed by atoms with E-state index < -0.39 is 39.5 Å². The number of benzene rings is 1. The average molecular weight is 436 g/mol. The molecular weight excluding hydrogens is 418 g/mol. The van der Waals surface area contributed by atoms with Crippen LogP contribution in [-0.4, -0.2) is 38.1 Å².